The van der Waals surface area contributed by atoms with Gasteiger partial charge in [-0.05, 0) is 42.9 Å². The number of pyridine rings is 1. The molecular weight excluding hydrogens is 376 g/mol. The lowest BCUT2D eigenvalue weighted by Gasteiger charge is -2.21. The molecule has 2 heterocycles. The van der Waals surface area contributed by atoms with Crippen molar-refractivity contribution in [2.75, 3.05) is 16.8 Å². The van der Waals surface area contributed by atoms with Gasteiger partial charge in [0.1, 0.15) is 11.2 Å². The number of rotatable bonds is 5. The molecule has 142 valence electrons. The van der Waals surface area contributed by atoms with Gasteiger partial charge in [-0.3, -0.25) is 9.59 Å². The highest BCUT2D eigenvalue weighted by molar-refractivity contribution is 6.31. The van der Waals surface area contributed by atoms with E-state index < -0.39 is 5.41 Å². The fourth-order valence-corrected chi connectivity index (χ4v) is 3.99. The number of halogens is 1. The van der Waals surface area contributed by atoms with Crippen LogP contribution in [0.4, 0.5) is 11.5 Å². The van der Waals surface area contributed by atoms with Crippen molar-refractivity contribution in [3.63, 3.8) is 0 Å². The Morgan fingerprint density at radius 3 is 2.86 bits per heavy atom. The third-order valence-corrected chi connectivity index (χ3v) is 5.83. The number of hydrogen-bond acceptors (Lipinski definition) is 4. The van der Waals surface area contributed by atoms with Gasteiger partial charge in [-0.2, -0.15) is 5.26 Å². The molecule has 6 nitrogen and oxygen atoms in total. The van der Waals surface area contributed by atoms with Crippen LogP contribution in [0.15, 0.2) is 42.6 Å². The molecule has 0 unspecified atom stereocenters. The van der Waals surface area contributed by atoms with Crippen molar-refractivity contribution >= 4 is 34.9 Å². The van der Waals surface area contributed by atoms with Crippen LogP contribution in [0, 0.1) is 22.7 Å². The molecule has 1 aliphatic carbocycles. The molecule has 0 radical (unpaired) electrons. The molecule has 1 atom stereocenters. The average Bonchev–Trinajstić information content (AvgIpc) is 3.48. The predicted octanol–water partition coefficient (Wildman–Crippen LogP) is 3.57. The summed E-state index contributed by atoms with van der Waals surface area (Å²) in [6, 6.07) is 12.8. The number of aromatic nitrogens is 1. The van der Waals surface area contributed by atoms with Gasteiger partial charge in [0.2, 0.25) is 11.8 Å². The van der Waals surface area contributed by atoms with Crippen molar-refractivity contribution in [1.82, 2.24) is 4.98 Å². The van der Waals surface area contributed by atoms with Crippen LogP contribution >= 0.6 is 11.6 Å². The maximum atomic E-state index is 12.9. The second-order valence-corrected chi connectivity index (χ2v) is 7.69. The van der Waals surface area contributed by atoms with E-state index in [2.05, 4.69) is 16.4 Å². The zero-order valence-electron chi connectivity index (χ0n) is 15.2. The first-order valence-corrected chi connectivity index (χ1v) is 9.64. The lowest BCUT2D eigenvalue weighted by atomic mass is 9.83. The molecule has 2 aliphatic rings. The summed E-state index contributed by atoms with van der Waals surface area (Å²) in [6.45, 7) is 0.500. The molecule has 2 aromatic rings. The van der Waals surface area contributed by atoms with Crippen molar-refractivity contribution in [2.24, 2.45) is 11.3 Å². The Hall–Kier alpha value is -2.91. The molecule has 1 saturated carbocycles. The minimum atomic E-state index is -0.892. The summed E-state index contributed by atoms with van der Waals surface area (Å²) in [7, 11) is 0. The van der Waals surface area contributed by atoms with Gasteiger partial charge in [-0.25, -0.2) is 4.98 Å². The van der Waals surface area contributed by atoms with E-state index in [9.17, 15) is 14.9 Å². The second kappa shape index (κ2) is 7.25. The molecule has 1 saturated heterocycles. The van der Waals surface area contributed by atoms with Gasteiger partial charge in [0, 0.05) is 29.5 Å². The number of benzene rings is 1. The van der Waals surface area contributed by atoms with Crippen LogP contribution in [0.1, 0.15) is 24.8 Å². The van der Waals surface area contributed by atoms with Crippen LogP contribution in [0.5, 0.6) is 0 Å². The number of hydrogen-bond donors (Lipinski definition) is 1. The van der Waals surface area contributed by atoms with Crippen molar-refractivity contribution in [3.8, 4) is 6.07 Å². The third-order valence-electron chi connectivity index (χ3n) is 5.46. The lowest BCUT2D eigenvalue weighted by Crippen LogP contribution is -2.35. The Balaban J connectivity index is 1.48. The normalized spacial score (nSPS) is 21.4. The van der Waals surface area contributed by atoms with Crippen LogP contribution in [-0.4, -0.2) is 23.3 Å². The summed E-state index contributed by atoms with van der Waals surface area (Å²) in [5.41, 5.74) is 0.484. The van der Waals surface area contributed by atoms with E-state index in [4.69, 9.17) is 11.6 Å². The van der Waals surface area contributed by atoms with Gasteiger partial charge in [-0.1, -0.05) is 29.8 Å². The Bertz CT molecular complexity index is 982. The van der Waals surface area contributed by atoms with Gasteiger partial charge in [0.05, 0.1) is 12.5 Å². The molecule has 4 rings (SSSR count). The highest BCUT2D eigenvalue weighted by atomic mass is 35.5. The molecule has 0 spiro atoms. The second-order valence-electron chi connectivity index (χ2n) is 7.28. The topological polar surface area (TPSA) is 86.1 Å². The zero-order chi connectivity index (χ0) is 19.7. The summed E-state index contributed by atoms with van der Waals surface area (Å²) >= 11 is 6.10. The summed E-state index contributed by atoms with van der Waals surface area (Å²) in [6.07, 6.45) is 4.11. The van der Waals surface area contributed by atoms with Crippen LogP contribution in [0.2, 0.25) is 5.02 Å². The Morgan fingerprint density at radius 1 is 1.36 bits per heavy atom. The standard InChI is InChI=1S/C21H19ClN4O2/c22-17-4-2-1-3-14(17)11-19(27)25-18-12-16(7-9-24-18)26-10-8-21(13-23,20(26)28)15-5-6-15/h1-4,7,9,12,15H,5-6,8,10-11H2,(H,24,25,27)/t21-/m1/s1. The maximum absolute atomic E-state index is 12.9. The fraction of sp³-hybridized carbons (Fsp3) is 0.333. The quantitative estimate of drug-likeness (QED) is 0.839. The Kier molecular flexibility index (Phi) is 4.78. The van der Waals surface area contributed by atoms with Crippen molar-refractivity contribution in [3.05, 3.63) is 53.2 Å². The van der Waals surface area contributed by atoms with E-state index in [-0.39, 0.29) is 24.2 Å². The molecule has 1 aromatic carbocycles. The molecule has 2 fully saturated rings. The van der Waals surface area contributed by atoms with E-state index in [1.807, 2.05) is 12.1 Å². The van der Waals surface area contributed by atoms with Crippen molar-refractivity contribution in [2.45, 2.75) is 25.7 Å². The van der Waals surface area contributed by atoms with Gasteiger partial charge < -0.3 is 10.2 Å². The maximum Gasteiger partial charge on any atom is 0.247 e. The van der Waals surface area contributed by atoms with E-state index in [1.165, 1.54) is 0 Å². The van der Waals surface area contributed by atoms with Crippen LogP contribution in [-0.2, 0) is 16.0 Å². The number of nitriles is 1. The number of nitrogens with zero attached hydrogens (tertiary/aromatic N) is 3. The molecule has 2 amide bonds. The highest BCUT2D eigenvalue weighted by Crippen LogP contribution is 2.51. The summed E-state index contributed by atoms with van der Waals surface area (Å²) in [5.74, 6) is 0.154. The number of carbonyl (C=O) groups excluding carboxylic acids is 2. The number of carbonyl (C=O) groups is 2. The molecule has 1 aromatic heterocycles. The van der Waals surface area contributed by atoms with Gasteiger partial charge in [0.25, 0.3) is 0 Å². The molecule has 7 heteroatoms. The largest absolute Gasteiger partial charge is 0.311 e. The molecule has 1 N–H and O–H groups in total. The minimum absolute atomic E-state index is 0.132. The highest BCUT2D eigenvalue weighted by Gasteiger charge is 2.56. The SMILES string of the molecule is N#C[C@@]1(C2CC2)CCN(c2ccnc(NC(=O)Cc3ccccc3Cl)c2)C1=O. The summed E-state index contributed by atoms with van der Waals surface area (Å²) in [5, 5.41) is 12.9. The molecule has 1 aliphatic heterocycles. The van der Waals surface area contributed by atoms with E-state index >= 15 is 0 Å². The fourth-order valence-electron chi connectivity index (χ4n) is 3.79. The predicted molar refractivity (Wildman–Crippen MR) is 106 cm³/mol. The van der Waals surface area contributed by atoms with Crippen molar-refractivity contribution < 1.29 is 9.59 Å². The monoisotopic (exact) mass is 394 g/mol. The van der Waals surface area contributed by atoms with Crippen LogP contribution in [0.25, 0.3) is 0 Å². The number of amides is 2. The van der Waals surface area contributed by atoms with Gasteiger partial charge in [-0.15, -0.1) is 0 Å². The van der Waals surface area contributed by atoms with E-state index in [0.29, 0.717) is 29.5 Å². The number of anilines is 2. The van der Waals surface area contributed by atoms with Crippen molar-refractivity contribution in [1.29, 1.82) is 5.26 Å². The summed E-state index contributed by atoms with van der Waals surface area (Å²) in [4.78, 5) is 31.1. The first kappa shape index (κ1) is 18.5. The average molecular weight is 395 g/mol. The van der Waals surface area contributed by atoms with Gasteiger partial charge in [0.15, 0.2) is 0 Å². The molecule has 0 bridgehead atoms. The lowest BCUT2D eigenvalue weighted by molar-refractivity contribution is -0.123. The Labute approximate surface area is 168 Å². The van der Waals surface area contributed by atoms with Gasteiger partial charge >= 0.3 is 0 Å². The van der Waals surface area contributed by atoms with Crippen LogP contribution < -0.4 is 10.2 Å². The first-order valence-electron chi connectivity index (χ1n) is 9.26. The van der Waals surface area contributed by atoms with E-state index in [1.54, 1.807) is 35.4 Å². The van der Waals surface area contributed by atoms with E-state index in [0.717, 1.165) is 18.4 Å². The number of nitrogens with one attached hydrogen (secondary N) is 1. The minimum Gasteiger partial charge on any atom is -0.311 e. The summed E-state index contributed by atoms with van der Waals surface area (Å²) < 4.78 is 0. The molecule has 28 heavy (non-hydrogen) atoms. The first-order chi connectivity index (χ1) is 13.5. The molecular formula is C21H19ClN4O2. The van der Waals surface area contributed by atoms with Crippen LogP contribution in [0.3, 0.4) is 0 Å². The Morgan fingerprint density at radius 2 is 2.14 bits per heavy atom. The zero-order valence-corrected chi connectivity index (χ0v) is 15.9. The smallest absolute Gasteiger partial charge is 0.247 e. The third kappa shape index (κ3) is 3.34.